The van der Waals surface area contributed by atoms with Gasteiger partial charge in [-0.3, -0.25) is 0 Å². The summed E-state index contributed by atoms with van der Waals surface area (Å²) >= 11 is 0. The van der Waals surface area contributed by atoms with Gasteiger partial charge in [0.2, 0.25) is 0 Å². The van der Waals surface area contributed by atoms with Crippen molar-refractivity contribution in [1.82, 2.24) is 0 Å². The average molecular weight is 2950 g/mol. The summed E-state index contributed by atoms with van der Waals surface area (Å²) in [5.41, 5.74) is 0. The Bertz CT molecular complexity index is 7.77. The minimum atomic E-state index is 0. The predicted molar refractivity (Wildman–Crippen MR) is 573 cm³/mol. The third kappa shape index (κ3) is 1800. The van der Waals surface area contributed by atoms with Crippen LogP contribution in [0.15, 0.2) is 0 Å². The molecule has 640 valence electrons. The molecule has 0 heterocycles. The Morgan fingerprint density at radius 3 is 0.0370 bits per heavy atom. The minimum absolute atomic E-state index is 0. The Morgan fingerprint density at radius 1 is 0.0370 bits per heavy atom. The number of halogens is 80. The summed E-state index contributed by atoms with van der Waals surface area (Å²) in [6, 6.07) is 0. The van der Waals surface area contributed by atoms with Gasteiger partial charge in [-0.25, -0.2) is 0 Å². The van der Waals surface area contributed by atoms with E-state index >= 15 is 0 Å². The van der Waals surface area contributed by atoms with Gasteiger partial charge in [0.25, 0.3) is 0 Å². The van der Waals surface area contributed by atoms with E-state index < -0.39 is 0 Å². The normalized spacial score (nSPS) is 0. The molecule has 0 aliphatic carbocycles. The molecule has 0 aromatic rings. The summed E-state index contributed by atoms with van der Waals surface area (Å²) in [5.74, 6) is 0. The zero-order valence-corrected chi connectivity index (χ0v) is 102. The third-order valence-electron chi connectivity index (χ3n) is 0. The van der Waals surface area contributed by atoms with Crippen molar-refractivity contribution in [1.29, 1.82) is 0 Å². The van der Waals surface area contributed by atoms with Gasteiger partial charge in [0.05, 0.1) is 0 Å². The molecule has 0 unspecified atom stereocenters. The molecule has 0 amide bonds. The molecule has 0 nitrogen and oxygen atoms in total. The zero-order valence-electron chi connectivity index (χ0n) is 33.6. The van der Waals surface area contributed by atoms with Crippen LogP contribution in [0.4, 0.5) is 0 Å². The summed E-state index contributed by atoms with van der Waals surface area (Å²) in [7, 11) is 0. The molecular weight excluding hydrogens is 2880 g/mol. The van der Waals surface area contributed by atoms with E-state index in [-0.39, 0.29) is 1040 Å². The fraction of sp³-hybridized carbons (Fsp3) is 0. The Kier molecular flexibility index (Phi) is 42700. The average Bonchev–Trinajstić information content (AvgIpc) is 0. The molecule has 81 heteroatoms. The van der Waals surface area contributed by atoms with Gasteiger partial charge in [-0.05, 0) is 0 Å². The Labute approximate surface area is 1020 Å². The van der Waals surface area contributed by atoms with Gasteiger partial charge < -0.3 is 12.4 Å². The van der Waals surface area contributed by atoms with Crippen molar-refractivity contribution in [2.24, 2.45) is 0 Å². The Hall–Kier alpha value is 24.8. The van der Waals surface area contributed by atoms with Crippen molar-refractivity contribution in [3.8, 4) is 0 Å². The molecule has 0 aliphatic heterocycles. The first-order chi connectivity index (χ1) is 0. The summed E-state index contributed by atoms with van der Waals surface area (Å²) in [6.07, 6.45) is 0. The Morgan fingerprint density at radius 2 is 0.0370 bits per heavy atom. The molecule has 0 fully saturated rings. The van der Waals surface area contributed by atoms with E-state index in [1.54, 1.807) is 0 Å². The van der Waals surface area contributed by atoms with Crippen LogP contribution in [0.25, 0.3) is 0 Å². The van der Waals surface area contributed by atoms with Gasteiger partial charge in [0.1, 0.15) is 0 Å². The van der Waals surface area contributed by atoms with Crippen LogP contribution in [0, 0.1) is 0 Å². The molecule has 0 aliphatic rings. The molecule has 0 rings (SSSR count). The van der Waals surface area contributed by atoms with E-state index in [0.717, 1.165) is 0 Å². The topological polar surface area (TPSA) is 0 Å². The van der Waals surface area contributed by atoms with Crippen LogP contribution < -0.4 is 63.8 Å². The summed E-state index contributed by atoms with van der Waals surface area (Å²) < 4.78 is 0. The van der Waals surface area contributed by atoms with Gasteiger partial charge in [-0.2, -0.15) is 0 Å². The minimum Gasteiger partial charge on any atom is -1.00 e. The molecule has 0 atom stereocenters. The van der Waals surface area contributed by atoms with E-state index in [1.807, 2.05) is 0 Å². The van der Waals surface area contributed by atoms with Crippen LogP contribution in [0.5, 0.6) is 0 Å². The van der Waals surface area contributed by atoms with Gasteiger partial charge in [-0.15, -0.1) is 980 Å². The van der Waals surface area contributed by atoms with Gasteiger partial charge >= 0.3 is 51.4 Å². The van der Waals surface area contributed by atoms with Crippen molar-refractivity contribution >= 4 is 980 Å². The molecule has 0 spiro atoms. The monoisotopic (exact) mass is 2920 g/mol. The molecule has 81 heavy (non-hydrogen) atoms. The third-order valence-corrected chi connectivity index (χ3v) is 0. The van der Waals surface area contributed by atoms with Crippen molar-refractivity contribution < 1.29 is 63.8 Å². The molecule has 0 saturated heterocycles. The van der Waals surface area contributed by atoms with Gasteiger partial charge in [0, 0.05) is 0 Å². The standard InChI is InChI=1S/80ClH.K/h80*1H;/q;;;;;;;;;;;;;;;;;;;;;;;;;;;;;;;;;;;;;;;;;;;;;;;;;;;;;;;;;;;;;;;;;;;;;;;;;;;;;;;;+1/p-1. The number of hydrogen-bond acceptors (Lipinski definition) is 0. The second-order valence-electron chi connectivity index (χ2n) is 0. The molecule has 0 bridgehead atoms. The van der Waals surface area contributed by atoms with Crippen LogP contribution >= 0.6 is 980 Å². The first-order valence-electron chi connectivity index (χ1n) is 0. The van der Waals surface area contributed by atoms with Gasteiger partial charge in [0.15, 0.2) is 0 Å². The van der Waals surface area contributed by atoms with E-state index in [1.165, 1.54) is 0 Å². The number of rotatable bonds is 0. The van der Waals surface area contributed by atoms with Crippen molar-refractivity contribution in [2.45, 2.75) is 0 Å². The molecule has 0 aromatic heterocycles. The SMILES string of the molecule is Cl.Cl.Cl.Cl.Cl.Cl.Cl.Cl.Cl.Cl.Cl.Cl.Cl.Cl.Cl.Cl.Cl.Cl.Cl.Cl.Cl.Cl.Cl.Cl.Cl.Cl.Cl.Cl.Cl.Cl.Cl.Cl.Cl.Cl.Cl.Cl.Cl.Cl.Cl.Cl.Cl.Cl.Cl.Cl.Cl.Cl.Cl.Cl.Cl.Cl.Cl.Cl.Cl.Cl.Cl.Cl.Cl.Cl.Cl.Cl.Cl.Cl.Cl.Cl.Cl.Cl.Cl.Cl.Cl.Cl.Cl.Cl.Cl.Cl.Cl.Cl.Cl.Cl.Cl.[Cl-].[K+]. The zero-order chi connectivity index (χ0) is 0. The van der Waals surface area contributed by atoms with Crippen molar-refractivity contribution in [3.63, 3.8) is 0 Å². The summed E-state index contributed by atoms with van der Waals surface area (Å²) in [5, 5.41) is 0. The second-order valence-corrected chi connectivity index (χ2v) is 0. The fourth-order valence-corrected chi connectivity index (χ4v) is 0. The molecule has 0 saturated carbocycles. The van der Waals surface area contributed by atoms with E-state index in [0.29, 0.717) is 0 Å². The number of hydrogen-bond donors (Lipinski definition) is 0. The molecule has 0 aromatic carbocycles. The van der Waals surface area contributed by atoms with Crippen LogP contribution in [0.3, 0.4) is 0 Å². The van der Waals surface area contributed by atoms with Crippen molar-refractivity contribution in [2.75, 3.05) is 0 Å². The largest absolute Gasteiger partial charge is 1.00 e. The maximum atomic E-state index is 0. The molecule has 0 N–H and O–H groups in total. The fourth-order valence-electron chi connectivity index (χ4n) is 0. The predicted octanol–water partition coefficient (Wildman–Crippen LogP) is 27.3. The second kappa shape index (κ2) is 1830. The van der Waals surface area contributed by atoms with Crippen LogP contribution in [-0.2, 0) is 0 Å². The van der Waals surface area contributed by atoms with E-state index in [9.17, 15) is 0 Å². The first kappa shape index (κ1) is 1890. The molecular formula is H79Cl80K. The van der Waals surface area contributed by atoms with Crippen LogP contribution in [0.2, 0.25) is 0 Å². The van der Waals surface area contributed by atoms with Crippen molar-refractivity contribution in [3.05, 3.63) is 0 Å². The molecule has 0 radical (unpaired) electrons. The van der Waals surface area contributed by atoms with Crippen LogP contribution in [-0.4, -0.2) is 0 Å². The first-order valence-corrected chi connectivity index (χ1v) is 0. The maximum absolute atomic E-state index is 0. The summed E-state index contributed by atoms with van der Waals surface area (Å²) in [6.45, 7) is 0. The Balaban J connectivity index is 0. The van der Waals surface area contributed by atoms with E-state index in [2.05, 4.69) is 0 Å². The van der Waals surface area contributed by atoms with Gasteiger partial charge in [-0.1, -0.05) is 0 Å². The van der Waals surface area contributed by atoms with E-state index in [4.69, 9.17) is 0 Å². The quantitative estimate of drug-likeness (QED) is 0.212. The van der Waals surface area contributed by atoms with Crippen LogP contribution in [0.1, 0.15) is 0 Å². The smallest absolute Gasteiger partial charge is 1.00 e. The maximum Gasteiger partial charge on any atom is 1.00 e. The summed E-state index contributed by atoms with van der Waals surface area (Å²) in [4.78, 5) is 0.